The highest BCUT2D eigenvalue weighted by atomic mass is 16.6. The number of ether oxygens (including phenoxy) is 2. The van der Waals surface area contributed by atoms with Gasteiger partial charge in [0.1, 0.15) is 6.61 Å². The van der Waals surface area contributed by atoms with Gasteiger partial charge in [-0.05, 0) is 31.4 Å². The molecular formula is C18H24N2O4. The van der Waals surface area contributed by atoms with Crippen LogP contribution in [0.3, 0.4) is 0 Å². The molecule has 0 aliphatic carbocycles. The number of nitrogens with one attached hydrogen (secondary N) is 1. The Morgan fingerprint density at radius 3 is 2.92 bits per heavy atom. The number of likely N-dealkylation sites (tertiary alicyclic amines) is 1. The Morgan fingerprint density at radius 1 is 1.21 bits per heavy atom. The minimum atomic E-state index is -0.625. The minimum Gasteiger partial charge on any atom is -0.485 e. The van der Waals surface area contributed by atoms with Gasteiger partial charge in [0, 0.05) is 26.1 Å². The van der Waals surface area contributed by atoms with E-state index in [-0.39, 0.29) is 18.4 Å². The number of para-hydroxylation sites is 2. The summed E-state index contributed by atoms with van der Waals surface area (Å²) in [5.41, 5.74) is 0. The largest absolute Gasteiger partial charge is 0.485 e. The molecular weight excluding hydrogens is 308 g/mol. The van der Waals surface area contributed by atoms with Crippen LogP contribution in [-0.2, 0) is 9.59 Å². The molecule has 130 valence electrons. The van der Waals surface area contributed by atoms with Crippen molar-refractivity contribution in [3.63, 3.8) is 0 Å². The van der Waals surface area contributed by atoms with Crippen LogP contribution in [0.15, 0.2) is 24.3 Å². The lowest BCUT2D eigenvalue weighted by molar-refractivity contribution is -0.130. The first-order chi connectivity index (χ1) is 11.7. The molecule has 1 fully saturated rings. The second-order valence-electron chi connectivity index (χ2n) is 6.20. The van der Waals surface area contributed by atoms with Crippen LogP contribution < -0.4 is 14.8 Å². The molecule has 2 heterocycles. The van der Waals surface area contributed by atoms with Gasteiger partial charge in [-0.2, -0.15) is 0 Å². The summed E-state index contributed by atoms with van der Waals surface area (Å²) in [6.07, 6.45) is 3.97. The summed E-state index contributed by atoms with van der Waals surface area (Å²) in [5, 5.41) is 2.87. The van der Waals surface area contributed by atoms with Crippen molar-refractivity contribution in [3.05, 3.63) is 24.3 Å². The van der Waals surface area contributed by atoms with E-state index in [1.165, 1.54) is 0 Å². The molecule has 0 spiro atoms. The van der Waals surface area contributed by atoms with Crippen LogP contribution >= 0.6 is 0 Å². The Morgan fingerprint density at radius 2 is 2.04 bits per heavy atom. The molecule has 0 radical (unpaired) electrons. The third-order valence-corrected chi connectivity index (χ3v) is 4.38. The van der Waals surface area contributed by atoms with Crippen LogP contribution in [-0.4, -0.2) is 49.1 Å². The van der Waals surface area contributed by atoms with E-state index in [2.05, 4.69) is 5.32 Å². The summed E-state index contributed by atoms with van der Waals surface area (Å²) < 4.78 is 11.2. The molecule has 6 heteroatoms. The number of benzene rings is 1. The van der Waals surface area contributed by atoms with Gasteiger partial charge in [-0.25, -0.2) is 0 Å². The fraction of sp³-hybridized carbons (Fsp3) is 0.556. The van der Waals surface area contributed by atoms with E-state index in [0.717, 1.165) is 32.2 Å². The van der Waals surface area contributed by atoms with Gasteiger partial charge >= 0.3 is 0 Å². The van der Waals surface area contributed by atoms with Gasteiger partial charge in [0.2, 0.25) is 12.0 Å². The molecule has 1 aromatic rings. The molecule has 24 heavy (non-hydrogen) atoms. The van der Waals surface area contributed by atoms with E-state index < -0.39 is 6.10 Å². The van der Waals surface area contributed by atoms with E-state index in [9.17, 15) is 9.59 Å². The maximum Gasteiger partial charge on any atom is 0.264 e. The Hall–Kier alpha value is -2.24. The summed E-state index contributed by atoms with van der Waals surface area (Å²) in [7, 11) is 0. The normalized spacial score (nSPS) is 20.4. The Labute approximate surface area is 142 Å². The topological polar surface area (TPSA) is 67.9 Å². The van der Waals surface area contributed by atoms with Gasteiger partial charge in [-0.15, -0.1) is 0 Å². The number of carbonyl (C=O) groups excluding carboxylic acids is 2. The maximum absolute atomic E-state index is 12.2. The van der Waals surface area contributed by atoms with Crippen molar-refractivity contribution < 1.29 is 19.1 Å². The number of rotatable bonds is 5. The predicted molar refractivity (Wildman–Crippen MR) is 89.0 cm³/mol. The van der Waals surface area contributed by atoms with Crippen molar-refractivity contribution in [1.82, 2.24) is 10.2 Å². The monoisotopic (exact) mass is 332 g/mol. The highest BCUT2D eigenvalue weighted by Gasteiger charge is 2.26. The second kappa shape index (κ2) is 8.04. The summed E-state index contributed by atoms with van der Waals surface area (Å²) in [6.45, 7) is 2.28. The molecule has 1 N–H and O–H groups in total. The Balaban J connectivity index is 1.39. The van der Waals surface area contributed by atoms with Gasteiger partial charge in [-0.3, -0.25) is 9.59 Å². The predicted octanol–water partition coefficient (Wildman–Crippen LogP) is 1.74. The van der Waals surface area contributed by atoms with E-state index >= 15 is 0 Å². The minimum absolute atomic E-state index is 0.174. The molecule has 0 aromatic heterocycles. The standard InChI is InChI=1S/C18H24N2O4/c21-17-9-2-1-5-11-20(17)12-6-10-19-18(22)16-13-23-14-7-3-4-8-15(14)24-16/h3-4,7-8,16H,1-2,5-6,9-13H2,(H,19,22). The van der Waals surface area contributed by atoms with Crippen molar-refractivity contribution in [1.29, 1.82) is 0 Å². The first kappa shape index (κ1) is 16.6. The van der Waals surface area contributed by atoms with Crippen LogP contribution in [0.4, 0.5) is 0 Å². The van der Waals surface area contributed by atoms with Gasteiger partial charge < -0.3 is 19.7 Å². The van der Waals surface area contributed by atoms with Crippen LogP contribution in [0.1, 0.15) is 32.1 Å². The first-order valence-electron chi connectivity index (χ1n) is 8.68. The summed E-state index contributed by atoms with van der Waals surface area (Å²) >= 11 is 0. The van der Waals surface area contributed by atoms with Crippen LogP contribution in [0.5, 0.6) is 11.5 Å². The number of fused-ring (bicyclic) bond motifs is 1. The lowest BCUT2D eigenvalue weighted by Gasteiger charge is -2.25. The number of amides is 2. The number of carbonyl (C=O) groups is 2. The van der Waals surface area contributed by atoms with Gasteiger partial charge in [0.15, 0.2) is 11.5 Å². The highest BCUT2D eigenvalue weighted by molar-refractivity contribution is 5.81. The lowest BCUT2D eigenvalue weighted by atomic mass is 10.2. The molecule has 2 aliphatic rings. The van der Waals surface area contributed by atoms with Crippen LogP contribution in [0, 0.1) is 0 Å². The number of hydrogen-bond donors (Lipinski definition) is 1. The molecule has 3 rings (SSSR count). The van der Waals surface area contributed by atoms with Crippen molar-refractivity contribution in [2.24, 2.45) is 0 Å². The van der Waals surface area contributed by atoms with Crippen molar-refractivity contribution in [3.8, 4) is 11.5 Å². The van der Waals surface area contributed by atoms with Crippen molar-refractivity contribution in [2.75, 3.05) is 26.2 Å². The highest BCUT2D eigenvalue weighted by Crippen LogP contribution is 2.30. The quantitative estimate of drug-likeness (QED) is 0.834. The van der Waals surface area contributed by atoms with Crippen molar-refractivity contribution in [2.45, 2.75) is 38.2 Å². The Bertz CT molecular complexity index is 590. The van der Waals surface area contributed by atoms with Crippen molar-refractivity contribution >= 4 is 11.8 Å². The van der Waals surface area contributed by atoms with E-state index in [4.69, 9.17) is 9.47 Å². The zero-order valence-corrected chi connectivity index (χ0v) is 13.8. The first-order valence-corrected chi connectivity index (χ1v) is 8.68. The van der Waals surface area contributed by atoms with E-state index in [1.807, 2.05) is 23.1 Å². The number of nitrogens with zero attached hydrogens (tertiary/aromatic N) is 1. The fourth-order valence-electron chi connectivity index (χ4n) is 3.02. The fourth-order valence-corrected chi connectivity index (χ4v) is 3.02. The van der Waals surface area contributed by atoms with Gasteiger partial charge in [-0.1, -0.05) is 18.6 Å². The van der Waals surface area contributed by atoms with E-state index in [1.54, 1.807) is 6.07 Å². The van der Waals surface area contributed by atoms with Gasteiger partial charge in [0.05, 0.1) is 0 Å². The third kappa shape index (κ3) is 4.19. The summed E-state index contributed by atoms with van der Waals surface area (Å²) in [5.74, 6) is 1.33. The molecule has 6 nitrogen and oxygen atoms in total. The number of hydrogen-bond acceptors (Lipinski definition) is 4. The molecule has 1 unspecified atom stereocenters. The average molecular weight is 332 g/mol. The van der Waals surface area contributed by atoms with Crippen LogP contribution in [0.25, 0.3) is 0 Å². The molecule has 1 atom stereocenters. The zero-order chi connectivity index (χ0) is 16.8. The SMILES string of the molecule is O=C(NCCCN1CCCCCC1=O)C1COc2ccccc2O1. The summed E-state index contributed by atoms with van der Waals surface area (Å²) in [4.78, 5) is 26.0. The van der Waals surface area contributed by atoms with Crippen LogP contribution in [0.2, 0.25) is 0 Å². The molecule has 1 aromatic carbocycles. The molecule has 0 bridgehead atoms. The molecule has 1 saturated heterocycles. The van der Waals surface area contributed by atoms with E-state index in [0.29, 0.717) is 31.0 Å². The third-order valence-electron chi connectivity index (χ3n) is 4.38. The second-order valence-corrected chi connectivity index (χ2v) is 6.20. The molecule has 2 amide bonds. The smallest absolute Gasteiger partial charge is 0.264 e. The molecule has 2 aliphatic heterocycles. The maximum atomic E-state index is 12.2. The van der Waals surface area contributed by atoms with Gasteiger partial charge in [0.25, 0.3) is 5.91 Å². The molecule has 0 saturated carbocycles. The zero-order valence-electron chi connectivity index (χ0n) is 13.8. The lowest BCUT2D eigenvalue weighted by Crippen LogP contribution is -2.44. The Kier molecular flexibility index (Phi) is 5.56. The average Bonchev–Trinajstić information content (AvgIpc) is 2.82. The summed E-state index contributed by atoms with van der Waals surface area (Å²) in [6, 6.07) is 7.33.